The lowest BCUT2D eigenvalue weighted by Crippen LogP contribution is -2.12. The highest BCUT2D eigenvalue weighted by Crippen LogP contribution is 2.25. The zero-order chi connectivity index (χ0) is 14.7. The van der Waals surface area contributed by atoms with E-state index in [2.05, 4.69) is 9.97 Å². The van der Waals surface area contributed by atoms with Crippen LogP contribution < -0.4 is 9.64 Å². The SMILES string of the molecule is CN(C)c1nccc(Oc2ccc(Cl)c(C(=O)O)c2)n1. The number of carboxylic acids is 1. The van der Waals surface area contributed by atoms with E-state index in [1.165, 1.54) is 12.1 Å². The van der Waals surface area contributed by atoms with Gasteiger partial charge in [0, 0.05) is 26.4 Å². The summed E-state index contributed by atoms with van der Waals surface area (Å²) in [5.74, 6) is 0.0459. The monoisotopic (exact) mass is 293 g/mol. The van der Waals surface area contributed by atoms with Crippen LogP contribution in [-0.2, 0) is 0 Å². The molecule has 20 heavy (non-hydrogen) atoms. The summed E-state index contributed by atoms with van der Waals surface area (Å²) in [5.41, 5.74) is -0.0222. The van der Waals surface area contributed by atoms with E-state index >= 15 is 0 Å². The molecular weight excluding hydrogens is 282 g/mol. The minimum absolute atomic E-state index is 0.0222. The third-order valence-electron chi connectivity index (χ3n) is 2.41. The molecule has 0 bridgehead atoms. The van der Waals surface area contributed by atoms with Crippen LogP contribution >= 0.6 is 11.6 Å². The number of carboxylic acid groups (broad SMARTS) is 1. The molecular formula is C13H12ClN3O3. The molecule has 0 saturated heterocycles. The van der Waals surface area contributed by atoms with E-state index in [1.807, 2.05) is 14.1 Å². The van der Waals surface area contributed by atoms with Crippen LogP contribution in [0.3, 0.4) is 0 Å². The van der Waals surface area contributed by atoms with Gasteiger partial charge in [0.25, 0.3) is 0 Å². The zero-order valence-electron chi connectivity index (χ0n) is 10.9. The predicted octanol–water partition coefficient (Wildman–Crippen LogP) is 2.69. The molecule has 0 saturated carbocycles. The number of hydrogen-bond donors (Lipinski definition) is 1. The van der Waals surface area contributed by atoms with Crippen molar-refractivity contribution in [1.82, 2.24) is 9.97 Å². The summed E-state index contributed by atoms with van der Waals surface area (Å²) in [6.45, 7) is 0. The Kier molecular flexibility index (Phi) is 4.05. The summed E-state index contributed by atoms with van der Waals surface area (Å²) >= 11 is 5.79. The first-order valence-corrected chi connectivity index (χ1v) is 6.06. The third-order valence-corrected chi connectivity index (χ3v) is 2.74. The first-order valence-electron chi connectivity index (χ1n) is 5.68. The van der Waals surface area contributed by atoms with Crippen molar-refractivity contribution in [2.45, 2.75) is 0 Å². The number of halogens is 1. The van der Waals surface area contributed by atoms with Gasteiger partial charge in [-0.25, -0.2) is 9.78 Å². The number of aromatic nitrogens is 2. The zero-order valence-corrected chi connectivity index (χ0v) is 11.6. The Labute approximate surface area is 120 Å². The lowest BCUT2D eigenvalue weighted by atomic mass is 10.2. The Morgan fingerprint density at radius 2 is 2.10 bits per heavy atom. The maximum Gasteiger partial charge on any atom is 0.337 e. The number of hydrogen-bond acceptors (Lipinski definition) is 5. The van der Waals surface area contributed by atoms with Crippen LogP contribution in [0.25, 0.3) is 0 Å². The van der Waals surface area contributed by atoms with Crippen molar-refractivity contribution in [3.8, 4) is 11.6 Å². The average molecular weight is 294 g/mol. The fraction of sp³-hybridized carbons (Fsp3) is 0.154. The van der Waals surface area contributed by atoms with E-state index in [-0.39, 0.29) is 10.6 Å². The van der Waals surface area contributed by atoms with Gasteiger partial charge in [0.05, 0.1) is 10.6 Å². The van der Waals surface area contributed by atoms with Gasteiger partial charge in [0.15, 0.2) is 0 Å². The highest BCUT2D eigenvalue weighted by Gasteiger charge is 2.11. The van der Waals surface area contributed by atoms with E-state index in [0.29, 0.717) is 17.6 Å². The van der Waals surface area contributed by atoms with Crippen molar-refractivity contribution >= 4 is 23.5 Å². The predicted molar refractivity (Wildman–Crippen MR) is 74.8 cm³/mol. The molecule has 0 spiro atoms. The molecule has 0 fully saturated rings. The van der Waals surface area contributed by atoms with Gasteiger partial charge < -0.3 is 14.7 Å². The van der Waals surface area contributed by atoms with Crippen LogP contribution in [0.5, 0.6) is 11.6 Å². The number of benzene rings is 1. The molecule has 1 N–H and O–H groups in total. The molecule has 2 aromatic rings. The van der Waals surface area contributed by atoms with Gasteiger partial charge in [-0.1, -0.05) is 11.6 Å². The standard InChI is InChI=1S/C13H12ClN3O3/c1-17(2)13-15-6-5-11(16-13)20-8-3-4-10(14)9(7-8)12(18)19/h3-7H,1-2H3,(H,18,19). The van der Waals surface area contributed by atoms with Crippen LogP contribution in [0, 0.1) is 0 Å². The van der Waals surface area contributed by atoms with Crippen LogP contribution in [0.1, 0.15) is 10.4 Å². The summed E-state index contributed by atoms with van der Waals surface area (Å²) in [6, 6.07) is 5.98. The smallest absolute Gasteiger partial charge is 0.337 e. The molecule has 0 unspecified atom stereocenters. The molecule has 0 aliphatic carbocycles. The molecule has 0 aliphatic rings. The van der Waals surface area contributed by atoms with E-state index in [4.69, 9.17) is 21.4 Å². The van der Waals surface area contributed by atoms with Crippen LogP contribution in [-0.4, -0.2) is 35.1 Å². The maximum absolute atomic E-state index is 11.0. The number of nitrogens with zero attached hydrogens (tertiary/aromatic N) is 3. The molecule has 1 aromatic heterocycles. The van der Waals surface area contributed by atoms with E-state index in [0.717, 1.165) is 0 Å². The van der Waals surface area contributed by atoms with Crippen molar-refractivity contribution in [2.75, 3.05) is 19.0 Å². The van der Waals surface area contributed by atoms with Gasteiger partial charge in [-0.2, -0.15) is 4.98 Å². The van der Waals surface area contributed by atoms with Crippen molar-refractivity contribution in [3.63, 3.8) is 0 Å². The van der Waals surface area contributed by atoms with Crippen molar-refractivity contribution in [1.29, 1.82) is 0 Å². The lowest BCUT2D eigenvalue weighted by Gasteiger charge is -2.11. The van der Waals surface area contributed by atoms with E-state index in [1.54, 1.807) is 23.2 Å². The molecule has 2 rings (SSSR count). The number of aromatic carboxylic acids is 1. The molecule has 1 aromatic carbocycles. The van der Waals surface area contributed by atoms with Crippen LogP contribution in [0.2, 0.25) is 5.02 Å². The van der Waals surface area contributed by atoms with Crippen molar-refractivity contribution in [3.05, 3.63) is 41.0 Å². The Hall–Kier alpha value is -2.34. The molecule has 1 heterocycles. The number of ether oxygens (including phenoxy) is 1. The summed E-state index contributed by atoms with van der Waals surface area (Å²) in [7, 11) is 3.62. The fourth-order valence-electron chi connectivity index (χ4n) is 1.46. The van der Waals surface area contributed by atoms with Crippen LogP contribution in [0.4, 0.5) is 5.95 Å². The molecule has 0 aliphatic heterocycles. The molecule has 104 valence electrons. The minimum Gasteiger partial charge on any atom is -0.478 e. The Morgan fingerprint density at radius 1 is 1.35 bits per heavy atom. The second kappa shape index (κ2) is 5.75. The van der Waals surface area contributed by atoms with Crippen molar-refractivity contribution in [2.24, 2.45) is 0 Å². The van der Waals surface area contributed by atoms with E-state index in [9.17, 15) is 4.79 Å². The first-order chi connectivity index (χ1) is 9.47. The van der Waals surface area contributed by atoms with E-state index < -0.39 is 5.97 Å². The molecule has 7 heteroatoms. The Balaban J connectivity index is 2.28. The Bertz CT molecular complexity index is 647. The maximum atomic E-state index is 11.0. The molecule has 0 amide bonds. The number of rotatable bonds is 4. The average Bonchev–Trinajstić information content (AvgIpc) is 2.41. The third kappa shape index (κ3) is 3.16. The quantitative estimate of drug-likeness (QED) is 0.934. The molecule has 6 nitrogen and oxygen atoms in total. The minimum atomic E-state index is -1.11. The lowest BCUT2D eigenvalue weighted by molar-refractivity contribution is 0.0696. The summed E-state index contributed by atoms with van der Waals surface area (Å²) < 4.78 is 5.52. The normalized spacial score (nSPS) is 10.2. The van der Waals surface area contributed by atoms with Gasteiger partial charge in [-0.15, -0.1) is 0 Å². The highest BCUT2D eigenvalue weighted by atomic mass is 35.5. The fourth-order valence-corrected chi connectivity index (χ4v) is 1.66. The highest BCUT2D eigenvalue weighted by molar-refractivity contribution is 6.33. The first kappa shape index (κ1) is 14.1. The Morgan fingerprint density at radius 3 is 2.75 bits per heavy atom. The summed E-state index contributed by atoms with van der Waals surface area (Å²) in [6.07, 6.45) is 1.56. The van der Waals surface area contributed by atoms with Crippen LogP contribution in [0.15, 0.2) is 30.5 Å². The number of anilines is 1. The number of carbonyl (C=O) groups is 1. The largest absolute Gasteiger partial charge is 0.478 e. The summed E-state index contributed by atoms with van der Waals surface area (Å²) in [4.78, 5) is 21.0. The van der Waals surface area contributed by atoms with Gasteiger partial charge in [0.1, 0.15) is 5.75 Å². The van der Waals surface area contributed by atoms with Crippen molar-refractivity contribution < 1.29 is 14.6 Å². The molecule has 0 atom stereocenters. The van der Waals surface area contributed by atoms with Gasteiger partial charge in [-0.05, 0) is 18.2 Å². The molecule has 0 radical (unpaired) electrons. The van der Waals surface area contributed by atoms with Gasteiger partial charge >= 0.3 is 5.97 Å². The second-order valence-corrected chi connectivity index (χ2v) is 4.55. The summed E-state index contributed by atoms with van der Waals surface area (Å²) in [5, 5.41) is 9.15. The van der Waals surface area contributed by atoms with Gasteiger partial charge in [-0.3, -0.25) is 0 Å². The topological polar surface area (TPSA) is 75.6 Å². The second-order valence-electron chi connectivity index (χ2n) is 4.14. The van der Waals surface area contributed by atoms with Gasteiger partial charge in [0.2, 0.25) is 11.8 Å².